The van der Waals surface area contributed by atoms with E-state index in [0.717, 1.165) is 24.7 Å². The van der Waals surface area contributed by atoms with Gasteiger partial charge in [0.1, 0.15) is 0 Å². The maximum absolute atomic E-state index is 14.0. The minimum atomic E-state index is -4.56. The molecular weight excluding hydrogens is 531 g/mol. The van der Waals surface area contributed by atoms with Crippen LogP contribution in [-0.4, -0.2) is 66.4 Å². The van der Waals surface area contributed by atoms with Crippen molar-refractivity contribution in [3.05, 3.63) is 93.8 Å². The average molecular weight is 564 g/mol. The predicted octanol–water partition coefficient (Wildman–Crippen LogP) is 4.56. The zero-order valence-corrected chi connectivity index (χ0v) is 23.2. The number of anilines is 1. The summed E-state index contributed by atoms with van der Waals surface area (Å²) >= 11 is 0. The molecule has 2 aromatic carbocycles. The van der Waals surface area contributed by atoms with Crippen LogP contribution in [0.2, 0.25) is 0 Å². The number of aryl methyl sites for hydroxylation is 1. The van der Waals surface area contributed by atoms with Gasteiger partial charge in [-0.15, -0.1) is 0 Å². The van der Waals surface area contributed by atoms with Crippen LogP contribution in [0.15, 0.2) is 54.9 Å². The Morgan fingerprint density at radius 2 is 1.71 bits per heavy atom. The first-order chi connectivity index (χ1) is 19.5. The first kappa shape index (κ1) is 29.8. The highest BCUT2D eigenvalue weighted by Crippen LogP contribution is 2.34. The second-order valence-corrected chi connectivity index (χ2v) is 10.0. The highest BCUT2D eigenvalue weighted by molar-refractivity contribution is 6.04. The van der Waals surface area contributed by atoms with E-state index in [1.165, 1.54) is 24.5 Å². The Morgan fingerprint density at radius 1 is 0.951 bits per heavy atom. The number of aromatic nitrogens is 1. The summed E-state index contributed by atoms with van der Waals surface area (Å²) in [5.41, 5.74) is 2.03. The highest BCUT2D eigenvalue weighted by Gasteiger charge is 2.34. The largest absolute Gasteiger partial charge is 0.416 e. The molecule has 0 unspecified atom stereocenters. The molecule has 1 aliphatic rings. The molecule has 0 spiro atoms. The summed E-state index contributed by atoms with van der Waals surface area (Å²) in [5, 5.41) is 5.31. The molecule has 2 N–H and O–H groups in total. The number of nitrogens with zero attached hydrogens (tertiary/aromatic N) is 3. The van der Waals surface area contributed by atoms with Crippen molar-refractivity contribution in [3.8, 4) is 11.8 Å². The van der Waals surface area contributed by atoms with Crippen molar-refractivity contribution in [2.24, 2.45) is 0 Å². The Bertz CT molecular complexity index is 1490. The van der Waals surface area contributed by atoms with Crippen LogP contribution in [0.3, 0.4) is 0 Å². The molecule has 1 aromatic heterocycles. The molecule has 0 aliphatic carbocycles. The second kappa shape index (κ2) is 13.0. The lowest BCUT2D eigenvalue weighted by molar-refractivity contribution is -0.138. The van der Waals surface area contributed by atoms with E-state index in [1.54, 1.807) is 24.3 Å². The van der Waals surface area contributed by atoms with Gasteiger partial charge in [0.25, 0.3) is 11.8 Å². The van der Waals surface area contributed by atoms with Crippen molar-refractivity contribution < 1.29 is 22.8 Å². The second-order valence-electron chi connectivity index (χ2n) is 10.0. The Labute approximate surface area is 237 Å². The van der Waals surface area contributed by atoms with Crippen LogP contribution in [0.1, 0.15) is 55.5 Å². The van der Waals surface area contributed by atoms with Gasteiger partial charge in [0.05, 0.1) is 11.1 Å². The van der Waals surface area contributed by atoms with Gasteiger partial charge in [-0.25, -0.2) is 0 Å². The molecule has 10 heteroatoms. The van der Waals surface area contributed by atoms with Crippen LogP contribution in [0.5, 0.6) is 0 Å². The van der Waals surface area contributed by atoms with Gasteiger partial charge < -0.3 is 15.5 Å². The molecule has 2 amide bonds. The number of alkyl halides is 3. The van der Waals surface area contributed by atoms with E-state index in [0.29, 0.717) is 36.3 Å². The number of halogens is 3. The quantitative estimate of drug-likeness (QED) is 0.430. The van der Waals surface area contributed by atoms with E-state index in [1.807, 2.05) is 25.8 Å². The molecule has 41 heavy (non-hydrogen) atoms. The fourth-order valence-corrected chi connectivity index (χ4v) is 4.44. The lowest BCUT2D eigenvalue weighted by Gasteiger charge is -2.33. The van der Waals surface area contributed by atoms with Crippen LogP contribution in [-0.2, 0) is 12.7 Å². The number of piperazine rings is 1. The zero-order valence-electron chi connectivity index (χ0n) is 23.2. The van der Waals surface area contributed by atoms with Gasteiger partial charge >= 0.3 is 6.18 Å². The maximum Gasteiger partial charge on any atom is 0.416 e. The van der Waals surface area contributed by atoms with Crippen LogP contribution in [0.25, 0.3) is 0 Å². The molecule has 4 rings (SSSR count). The molecular formula is C31H32F3N5O2. The van der Waals surface area contributed by atoms with E-state index < -0.39 is 17.6 Å². The lowest BCUT2D eigenvalue weighted by atomic mass is 10.0. The minimum Gasteiger partial charge on any atom is -0.352 e. The molecule has 3 aromatic rings. The number of hydrogen-bond acceptors (Lipinski definition) is 5. The summed E-state index contributed by atoms with van der Waals surface area (Å²) in [6.07, 6.45) is -1.57. The molecule has 1 aliphatic heterocycles. The Morgan fingerprint density at radius 3 is 2.41 bits per heavy atom. The van der Waals surface area contributed by atoms with Gasteiger partial charge in [-0.2, -0.15) is 13.2 Å². The fourth-order valence-electron chi connectivity index (χ4n) is 4.44. The SMILES string of the molecule is CCNC(=O)c1cncc(C#Cc2cc(C(=O)Nc3ccc(CN4CCN(C)CC4)c(C(F)(F)F)c3)ccc2C)c1. The van der Waals surface area contributed by atoms with Gasteiger partial charge in [-0.3, -0.25) is 19.5 Å². The molecule has 0 saturated carbocycles. The van der Waals surface area contributed by atoms with Crippen molar-refractivity contribution in [2.45, 2.75) is 26.6 Å². The first-order valence-corrected chi connectivity index (χ1v) is 13.3. The van der Waals surface area contributed by atoms with Gasteiger partial charge in [-0.05, 0) is 62.4 Å². The van der Waals surface area contributed by atoms with Crippen LogP contribution >= 0.6 is 0 Å². The monoisotopic (exact) mass is 563 g/mol. The van der Waals surface area contributed by atoms with Crippen LogP contribution in [0.4, 0.5) is 18.9 Å². The van der Waals surface area contributed by atoms with Crippen molar-refractivity contribution in [1.82, 2.24) is 20.1 Å². The number of nitrogens with one attached hydrogen (secondary N) is 2. The summed E-state index contributed by atoms with van der Waals surface area (Å²) in [6.45, 7) is 7.34. The number of carbonyl (C=O) groups is 2. The number of benzene rings is 2. The number of pyridine rings is 1. The van der Waals surface area contributed by atoms with Crippen molar-refractivity contribution >= 4 is 17.5 Å². The number of hydrogen-bond donors (Lipinski definition) is 2. The smallest absolute Gasteiger partial charge is 0.352 e. The van der Waals surface area contributed by atoms with E-state index in [-0.39, 0.29) is 29.3 Å². The average Bonchev–Trinajstić information content (AvgIpc) is 2.94. The number of rotatable bonds is 6. The standard InChI is InChI=1S/C31H32F3N5O2/c1-4-36-29(40)26-15-22(18-35-19-26)6-8-23-16-24(7-5-21(23)2)30(41)37-27-10-9-25(28(17-27)31(32,33)34)20-39-13-11-38(3)12-14-39/h5,7,9-10,15-19H,4,11-14,20H2,1-3H3,(H,36,40)(H,37,41). The normalized spacial score (nSPS) is 14.2. The Kier molecular flexibility index (Phi) is 9.42. The van der Waals surface area contributed by atoms with Gasteiger partial charge in [0, 0.05) is 74.0 Å². The highest BCUT2D eigenvalue weighted by atomic mass is 19.4. The van der Waals surface area contributed by atoms with Crippen LogP contribution in [0, 0.1) is 18.8 Å². The molecule has 7 nitrogen and oxygen atoms in total. The molecule has 0 radical (unpaired) electrons. The van der Waals surface area contributed by atoms with E-state index in [2.05, 4.69) is 32.4 Å². The first-order valence-electron chi connectivity index (χ1n) is 13.3. The maximum atomic E-state index is 14.0. The number of amides is 2. The number of likely N-dealkylation sites (N-methyl/N-ethyl adjacent to an activating group) is 1. The van der Waals surface area contributed by atoms with E-state index >= 15 is 0 Å². The summed E-state index contributed by atoms with van der Waals surface area (Å²) in [6, 6.07) is 10.5. The topological polar surface area (TPSA) is 77.6 Å². The third-order valence-electron chi connectivity index (χ3n) is 6.84. The minimum absolute atomic E-state index is 0.0610. The third-order valence-corrected chi connectivity index (χ3v) is 6.84. The van der Waals surface area contributed by atoms with Gasteiger partial charge in [0.2, 0.25) is 0 Å². The fraction of sp³-hybridized carbons (Fsp3) is 0.323. The molecule has 1 fully saturated rings. The van der Waals surface area contributed by atoms with E-state index in [9.17, 15) is 22.8 Å². The Hall–Kier alpha value is -4.20. The third kappa shape index (κ3) is 7.93. The predicted molar refractivity (Wildman–Crippen MR) is 152 cm³/mol. The van der Waals surface area contributed by atoms with Crippen LogP contribution < -0.4 is 10.6 Å². The molecule has 0 atom stereocenters. The van der Waals surface area contributed by atoms with Crippen molar-refractivity contribution in [3.63, 3.8) is 0 Å². The molecule has 0 bridgehead atoms. The van der Waals surface area contributed by atoms with Crippen molar-refractivity contribution in [1.29, 1.82) is 0 Å². The number of carbonyl (C=O) groups excluding carboxylic acids is 2. The summed E-state index contributed by atoms with van der Waals surface area (Å²) in [5.74, 6) is 5.17. The molecule has 2 heterocycles. The van der Waals surface area contributed by atoms with Crippen molar-refractivity contribution in [2.75, 3.05) is 45.1 Å². The van der Waals surface area contributed by atoms with Gasteiger partial charge in [-0.1, -0.05) is 24.0 Å². The summed E-state index contributed by atoms with van der Waals surface area (Å²) in [7, 11) is 1.99. The zero-order chi connectivity index (χ0) is 29.6. The molecule has 1 saturated heterocycles. The summed E-state index contributed by atoms with van der Waals surface area (Å²) < 4.78 is 41.9. The Balaban J connectivity index is 1.52. The van der Waals surface area contributed by atoms with Gasteiger partial charge in [0.15, 0.2) is 0 Å². The molecule has 214 valence electrons. The van der Waals surface area contributed by atoms with E-state index in [4.69, 9.17) is 0 Å². The summed E-state index contributed by atoms with van der Waals surface area (Å²) in [4.78, 5) is 33.3. The lowest BCUT2D eigenvalue weighted by Crippen LogP contribution is -2.44.